The van der Waals surface area contributed by atoms with E-state index in [-0.39, 0.29) is 36.9 Å². The molecule has 140 valence electrons. The number of nitrogens with one attached hydrogen (secondary N) is 1. The maximum atomic E-state index is 12.7. The van der Waals surface area contributed by atoms with Gasteiger partial charge in [0.2, 0.25) is 5.91 Å². The Balaban J connectivity index is 0.00000312. The summed E-state index contributed by atoms with van der Waals surface area (Å²) in [7, 11) is 1.50. The third-order valence-corrected chi connectivity index (χ3v) is 4.48. The molecule has 2 atom stereocenters. The molecular weight excluding hydrogens is 342 g/mol. The number of nitrogens with two attached hydrogens (primary N) is 1. The van der Waals surface area contributed by atoms with Gasteiger partial charge in [0.1, 0.15) is 6.04 Å². The minimum Gasteiger partial charge on any atom is -0.383 e. The van der Waals surface area contributed by atoms with Crippen LogP contribution in [-0.2, 0) is 9.53 Å². The summed E-state index contributed by atoms with van der Waals surface area (Å²) in [5.41, 5.74) is 7.87. The van der Waals surface area contributed by atoms with Crippen LogP contribution in [0.3, 0.4) is 0 Å². The maximum absolute atomic E-state index is 12.7. The number of ether oxygens (including phenoxy) is 1. The van der Waals surface area contributed by atoms with Crippen molar-refractivity contribution in [3.8, 4) is 0 Å². The van der Waals surface area contributed by atoms with Crippen LogP contribution in [0.1, 0.15) is 42.1 Å². The molecule has 1 fully saturated rings. The van der Waals surface area contributed by atoms with E-state index in [4.69, 9.17) is 10.5 Å². The summed E-state index contributed by atoms with van der Waals surface area (Å²) >= 11 is 0. The van der Waals surface area contributed by atoms with E-state index >= 15 is 0 Å². The lowest BCUT2D eigenvalue weighted by atomic mass is 10.0. The third-order valence-electron chi connectivity index (χ3n) is 4.48. The number of nitrogens with zero attached hydrogens (tertiary/aromatic N) is 1. The Hall–Kier alpha value is -1.63. The normalized spacial score (nSPS) is 18.2. The van der Waals surface area contributed by atoms with Crippen molar-refractivity contribution < 1.29 is 14.3 Å². The van der Waals surface area contributed by atoms with Crippen LogP contribution >= 0.6 is 12.4 Å². The first-order valence-corrected chi connectivity index (χ1v) is 8.41. The Kier molecular flexibility index (Phi) is 8.35. The van der Waals surface area contributed by atoms with Gasteiger partial charge in [-0.15, -0.1) is 12.4 Å². The Morgan fingerprint density at radius 2 is 2.12 bits per heavy atom. The summed E-state index contributed by atoms with van der Waals surface area (Å²) in [5.74, 6) is -0.247. The minimum absolute atomic E-state index is 0. The second kappa shape index (κ2) is 9.75. The number of aryl methyl sites for hydroxylation is 1. The first kappa shape index (κ1) is 21.4. The maximum Gasteiger partial charge on any atom is 0.254 e. The van der Waals surface area contributed by atoms with Gasteiger partial charge < -0.3 is 20.7 Å². The summed E-state index contributed by atoms with van der Waals surface area (Å²) in [6.07, 6.45) is 3.29. The number of benzene rings is 1. The van der Waals surface area contributed by atoms with Gasteiger partial charge in [-0.05, 0) is 56.9 Å². The van der Waals surface area contributed by atoms with Crippen LogP contribution in [0.4, 0.5) is 5.69 Å². The lowest BCUT2D eigenvalue weighted by Gasteiger charge is -2.33. The number of likely N-dealkylation sites (tertiary alicyclic amines) is 1. The number of rotatable bonds is 5. The molecule has 7 heteroatoms. The van der Waals surface area contributed by atoms with Crippen molar-refractivity contribution in [2.75, 3.05) is 25.6 Å². The van der Waals surface area contributed by atoms with Crippen LogP contribution < -0.4 is 11.1 Å². The molecule has 1 aromatic carbocycles. The van der Waals surface area contributed by atoms with Crippen LogP contribution in [0.15, 0.2) is 18.2 Å². The van der Waals surface area contributed by atoms with Gasteiger partial charge in [0.15, 0.2) is 0 Å². The van der Waals surface area contributed by atoms with E-state index in [0.717, 1.165) is 24.9 Å². The zero-order chi connectivity index (χ0) is 17.7. The van der Waals surface area contributed by atoms with Crippen molar-refractivity contribution in [2.45, 2.75) is 45.2 Å². The number of piperidine rings is 1. The first-order valence-electron chi connectivity index (χ1n) is 8.41. The van der Waals surface area contributed by atoms with Crippen molar-refractivity contribution in [1.29, 1.82) is 0 Å². The molecule has 1 heterocycles. The van der Waals surface area contributed by atoms with Crippen molar-refractivity contribution in [3.63, 3.8) is 0 Å². The van der Waals surface area contributed by atoms with Crippen LogP contribution in [0, 0.1) is 6.92 Å². The number of hydrogen-bond donors (Lipinski definition) is 2. The van der Waals surface area contributed by atoms with Gasteiger partial charge in [0.05, 0.1) is 6.61 Å². The monoisotopic (exact) mass is 369 g/mol. The third kappa shape index (κ3) is 5.42. The van der Waals surface area contributed by atoms with Crippen LogP contribution in [-0.4, -0.2) is 49.1 Å². The van der Waals surface area contributed by atoms with Gasteiger partial charge in [-0.2, -0.15) is 0 Å². The predicted octanol–water partition coefficient (Wildman–Crippen LogP) is 2.34. The smallest absolute Gasteiger partial charge is 0.254 e. The molecule has 0 radical (unpaired) electrons. The average Bonchev–Trinajstić information content (AvgIpc) is 2.56. The summed E-state index contributed by atoms with van der Waals surface area (Å²) < 4.78 is 4.88. The number of carbonyl (C=O) groups is 2. The molecule has 2 amide bonds. The minimum atomic E-state index is -0.718. The highest BCUT2D eigenvalue weighted by atomic mass is 35.5. The molecule has 2 unspecified atom stereocenters. The quantitative estimate of drug-likeness (QED) is 0.834. The molecule has 0 aliphatic carbocycles. The van der Waals surface area contributed by atoms with E-state index in [1.807, 2.05) is 17.9 Å². The van der Waals surface area contributed by atoms with Gasteiger partial charge in [0.25, 0.3) is 5.91 Å². The molecule has 0 saturated carbocycles. The van der Waals surface area contributed by atoms with E-state index in [1.165, 1.54) is 13.5 Å². The number of amides is 2. The van der Waals surface area contributed by atoms with Gasteiger partial charge in [-0.3, -0.25) is 9.59 Å². The van der Waals surface area contributed by atoms with Crippen LogP contribution in [0.5, 0.6) is 0 Å². The fourth-order valence-electron chi connectivity index (χ4n) is 2.98. The Morgan fingerprint density at radius 1 is 1.40 bits per heavy atom. The molecule has 6 nitrogen and oxygen atoms in total. The van der Waals surface area contributed by atoms with E-state index in [0.29, 0.717) is 11.3 Å². The van der Waals surface area contributed by atoms with Gasteiger partial charge >= 0.3 is 0 Å². The number of methoxy groups -OCH3 is 1. The second-order valence-corrected chi connectivity index (χ2v) is 6.42. The second-order valence-electron chi connectivity index (χ2n) is 6.42. The summed E-state index contributed by atoms with van der Waals surface area (Å²) in [6, 6.07) is 4.90. The highest BCUT2D eigenvalue weighted by molar-refractivity contribution is 5.98. The molecule has 0 spiro atoms. The van der Waals surface area contributed by atoms with Gasteiger partial charge in [-0.25, -0.2) is 0 Å². The fourth-order valence-corrected chi connectivity index (χ4v) is 2.98. The Bertz CT molecular complexity index is 609. The molecule has 1 saturated heterocycles. The molecule has 1 aliphatic heterocycles. The zero-order valence-corrected chi connectivity index (χ0v) is 15.9. The highest BCUT2D eigenvalue weighted by Gasteiger charge is 2.24. The SMILES string of the molecule is COCC(N)C(=O)Nc1ccc(C(=O)N2CCCCC2C)cc1C.Cl. The lowest BCUT2D eigenvalue weighted by molar-refractivity contribution is -0.118. The van der Waals surface area contributed by atoms with E-state index in [2.05, 4.69) is 12.2 Å². The van der Waals surface area contributed by atoms with Crippen molar-refractivity contribution in [1.82, 2.24) is 4.90 Å². The summed E-state index contributed by atoms with van der Waals surface area (Å²) in [4.78, 5) is 26.6. The molecule has 0 aromatic heterocycles. The number of anilines is 1. The van der Waals surface area contributed by atoms with E-state index < -0.39 is 6.04 Å². The van der Waals surface area contributed by atoms with Crippen molar-refractivity contribution >= 4 is 29.9 Å². The van der Waals surface area contributed by atoms with Crippen LogP contribution in [0.2, 0.25) is 0 Å². The van der Waals surface area contributed by atoms with Crippen molar-refractivity contribution in [3.05, 3.63) is 29.3 Å². The molecule has 3 N–H and O–H groups in total. The summed E-state index contributed by atoms with van der Waals surface area (Å²) in [5, 5.41) is 2.78. The molecule has 1 aliphatic rings. The first-order chi connectivity index (χ1) is 11.4. The summed E-state index contributed by atoms with van der Waals surface area (Å²) in [6.45, 7) is 4.93. The molecular formula is C18H28ClN3O3. The standard InChI is InChI=1S/C18H27N3O3.ClH/c1-12-10-14(18(23)21-9-5-4-6-13(21)2)7-8-16(12)20-17(22)15(19)11-24-3;/h7-8,10,13,15H,4-6,9,11,19H2,1-3H3,(H,20,22);1H. The van der Waals surface area contributed by atoms with E-state index in [9.17, 15) is 9.59 Å². The topological polar surface area (TPSA) is 84.7 Å². The number of halogens is 1. The van der Waals surface area contributed by atoms with Gasteiger partial charge in [0, 0.05) is 30.9 Å². The Morgan fingerprint density at radius 3 is 2.72 bits per heavy atom. The van der Waals surface area contributed by atoms with Crippen LogP contribution in [0.25, 0.3) is 0 Å². The van der Waals surface area contributed by atoms with Gasteiger partial charge in [-0.1, -0.05) is 0 Å². The molecule has 0 bridgehead atoms. The average molecular weight is 370 g/mol. The predicted molar refractivity (Wildman–Crippen MR) is 101 cm³/mol. The Labute approximate surface area is 155 Å². The molecule has 1 aromatic rings. The van der Waals surface area contributed by atoms with Crippen molar-refractivity contribution in [2.24, 2.45) is 5.73 Å². The molecule has 25 heavy (non-hydrogen) atoms. The number of carbonyl (C=O) groups excluding carboxylic acids is 2. The largest absolute Gasteiger partial charge is 0.383 e. The highest BCUT2D eigenvalue weighted by Crippen LogP contribution is 2.22. The zero-order valence-electron chi connectivity index (χ0n) is 15.1. The van der Waals surface area contributed by atoms with E-state index in [1.54, 1.807) is 12.1 Å². The number of hydrogen-bond acceptors (Lipinski definition) is 4. The fraction of sp³-hybridized carbons (Fsp3) is 0.556. The lowest BCUT2D eigenvalue weighted by Crippen LogP contribution is -2.42. The molecule has 2 rings (SSSR count).